The van der Waals surface area contributed by atoms with E-state index in [4.69, 9.17) is 0 Å². The summed E-state index contributed by atoms with van der Waals surface area (Å²) in [5, 5.41) is 13.3. The topological polar surface area (TPSA) is 37.8 Å². The quantitative estimate of drug-likeness (QED) is 0.794. The number of nitrogens with zero attached hydrogens (tertiary/aromatic N) is 2. The summed E-state index contributed by atoms with van der Waals surface area (Å²) in [5.74, 6) is -1.07. The second-order valence-electron chi connectivity index (χ2n) is 4.78. The van der Waals surface area contributed by atoms with Crippen molar-refractivity contribution in [3.05, 3.63) is 65.4 Å². The smallest absolute Gasteiger partial charge is 0.159 e. The number of hydrogen-bond acceptors (Lipinski definition) is 3. The molecule has 106 valence electrons. The third kappa shape index (κ3) is 2.67. The Kier molecular flexibility index (Phi) is 3.48. The van der Waals surface area contributed by atoms with Gasteiger partial charge in [-0.1, -0.05) is 30.3 Å². The maximum Gasteiger partial charge on any atom is 0.159 e. The average Bonchev–Trinajstić information content (AvgIpc) is 2.50. The monoisotopic (exact) mass is 285 g/mol. The highest BCUT2D eigenvalue weighted by Gasteiger charge is 2.07. The van der Waals surface area contributed by atoms with Crippen molar-refractivity contribution in [2.45, 2.75) is 13.5 Å². The number of nitrogens with one attached hydrogen (secondary N) is 1. The van der Waals surface area contributed by atoms with Crippen LogP contribution in [0.15, 0.2) is 42.5 Å². The van der Waals surface area contributed by atoms with Gasteiger partial charge in [-0.3, -0.25) is 0 Å². The van der Waals surface area contributed by atoms with Gasteiger partial charge in [0.05, 0.1) is 5.69 Å². The summed E-state index contributed by atoms with van der Waals surface area (Å²) in [4.78, 5) is 0. The van der Waals surface area contributed by atoms with Gasteiger partial charge >= 0.3 is 0 Å². The van der Waals surface area contributed by atoms with Gasteiger partial charge in [0.2, 0.25) is 0 Å². The molecule has 1 heterocycles. The van der Waals surface area contributed by atoms with E-state index in [0.29, 0.717) is 17.9 Å². The van der Waals surface area contributed by atoms with E-state index < -0.39 is 11.6 Å². The first-order valence-electron chi connectivity index (χ1n) is 6.55. The molecule has 0 atom stereocenters. The Labute approximate surface area is 120 Å². The van der Waals surface area contributed by atoms with Crippen molar-refractivity contribution in [1.29, 1.82) is 0 Å². The van der Waals surface area contributed by atoms with Crippen LogP contribution in [0, 0.1) is 18.6 Å². The largest absolute Gasteiger partial charge is 0.364 e. The Bertz CT molecular complexity index is 803. The Morgan fingerprint density at radius 3 is 2.48 bits per heavy atom. The van der Waals surface area contributed by atoms with Gasteiger partial charge in [-0.2, -0.15) is 5.10 Å². The molecule has 0 amide bonds. The van der Waals surface area contributed by atoms with Crippen molar-refractivity contribution >= 4 is 16.6 Å². The summed E-state index contributed by atoms with van der Waals surface area (Å²) in [6, 6.07) is 11.6. The Morgan fingerprint density at radius 1 is 0.952 bits per heavy atom. The standard InChI is InChI=1S/C16H13F2N3/c1-10-12-4-2-3-5-13(12)16(21-20-10)19-9-11-6-7-14(17)15(18)8-11/h2-8H,9H2,1H3,(H,19,21). The molecule has 21 heavy (non-hydrogen) atoms. The Morgan fingerprint density at radius 2 is 1.71 bits per heavy atom. The number of aryl methyl sites for hydroxylation is 1. The lowest BCUT2D eigenvalue weighted by molar-refractivity contribution is 0.507. The first-order valence-corrected chi connectivity index (χ1v) is 6.55. The normalized spacial score (nSPS) is 10.8. The van der Waals surface area contributed by atoms with Gasteiger partial charge in [0.1, 0.15) is 0 Å². The second kappa shape index (κ2) is 5.44. The van der Waals surface area contributed by atoms with E-state index in [1.165, 1.54) is 12.1 Å². The van der Waals surface area contributed by atoms with E-state index in [1.54, 1.807) is 0 Å². The molecule has 1 aromatic heterocycles. The minimum atomic E-state index is -0.853. The molecule has 0 saturated carbocycles. The first-order chi connectivity index (χ1) is 10.1. The van der Waals surface area contributed by atoms with Crippen LogP contribution in [0.25, 0.3) is 10.8 Å². The molecule has 2 aromatic carbocycles. The molecule has 0 spiro atoms. The number of hydrogen-bond donors (Lipinski definition) is 1. The molecule has 1 N–H and O–H groups in total. The van der Waals surface area contributed by atoms with Gasteiger partial charge in [0, 0.05) is 17.3 Å². The summed E-state index contributed by atoms with van der Waals surface area (Å²) in [5.41, 5.74) is 1.49. The third-order valence-electron chi connectivity index (χ3n) is 3.32. The van der Waals surface area contributed by atoms with E-state index in [9.17, 15) is 8.78 Å². The average molecular weight is 285 g/mol. The maximum absolute atomic E-state index is 13.2. The molecule has 0 unspecified atom stereocenters. The van der Waals surface area contributed by atoms with Gasteiger partial charge in [-0.25, -0.2) is 8.78 Å². The summed E-state index contributed by atoms with van der Waals surface area (Å²) in [6.45, 7) is 2.24. The van der Waals surface area contributed by atoms with E-state index in [0.717, 1.165) is 22.5 Å². The fraction of sp³-hybridized carbons (Fsp3) is 0.125. The van der Waals surface area contributed by atoms with Crippen LogP contribution >= 0.6 is 0 Å². The fourth-order valence-corrected chi connectivity index (χ4v) is 2.20. The molecule has 5 heteroatoms. The highest BCUT2D eigenvalue weighted by Crippen LogP contribution is 2.22. The van der Waals surface area contributed by atoms with E-state index in [2.05, 4.69) is 15.5 Å². The molecule has 0 aliphatic carbocycles. The summed E-state index contributed by atoms with van der Waals surface area (Å²) in [6.07, 6.45) is 0. The zero-order chi connectivity index (χ0) is 14.8. The summed E-state index contributed by atoms with van der Waals surface area (Å²) in [7, 11) is 0. The first kappa shape index (κ1) is 13.4. The highest BCUT2D eigenvalue weighted by atomic mass is 19.2. The number of halogens is 2. The van der Waals surface area contributed by atoms with Crippen LogP contribution < -0.4 is 5.32 Å². The Hall–Kier alpha value is -2.56. The molecular weight excluding hydrogens is 272 g/mol. The van der Waals surface area contributed by atoms with Crippen LogP contribution in [-0.4, -0.2) is 10.2 Å². The zero-order valence-electron chi connectivity index (χ0n) is 11.4. The predicted molar refractivity (Wildman–Crippen MR) is 78.0 cm³/mol. The van der Waals surface area contributed by atoms with Crippen molar-refractivity contribution in [2.24, 2.45) is 0 Å². The summed E-state index contributed by atoms with van der Waals surface area (Å²) >= 11 is 0. The molecule has 3 nitrogen and oxygen atoms in total. The lowest BCUT2D eigenvalue weighted by Crippen LogP contribution is -2.04. The van der Waals surface area contributed by atoms with Crippen LogP contribution in [0.1, 0.15) is 11.3 Å². The van der Waals surface area contributed by atoms with Crippen LogP contribution in [-0.2, 0) is 6.54 Å². The van der Waals surface area contributed by atoms with Crippen molar-refractivity contribution in [1.82, 2.24) is 10.2 Å². The molecule has 3 aromatic rings. The number of anilines is 1. The van der Waals surface area contributed by atoms with Gasteiger partial charge < -0.3 is 5.32 Å². The minimum absolute atomic E-state index is 0.346. The lowest BCUT2D eigenvalue weighted by atomic mass is 10.1. The Balaban J connectivity index is 1.88. The number of benzene rings is 2. The van der Waals surface area contributed by atoms with Crippen molar-refractivity contribution in [3.63, 3.8) is 0 Å². The van der Waals surface area contributed by atoms with Crippen LogP contribution in [0.3, 0.4) is 0 Å². The maximum atomic E-state index is 13.2. The molecule has 0 saturated heterocycles. The van der Waals surface area contributed by atoms with Crippen LogP contribution in [0.5, 0.6) is 0 Å². The SMILES string of the molecule is Cc1nnc(NCc2ccc(F)c(F)c2)c2ccccc12. The zero-order valence-corrected chi connectivity index (χ0v) is 11.4. The number of fused-ring (bicyclic) bond motifs is 1. The molecule has 0 aliphatic rings. The van der Waals surface area contributed by atoms with Crippen molar-refractivity contribution in [3.8, 4) is 0 Å². The molecule has 0 aliphatic heterocycles. The molecular formula is C16H13F2N3. The lowest BCUT2D eigenvalue weighted by Gasteiger charge is -2.09. The van der Waals surface area contributed by atoms with Gasteiger partial charge in [0.25, 0.3) is 0 Å². The highest BCUT2D eigenvalue weighted by molar-refractivity contribution is 5.92. The van der Waals surface area contributed by atoms with Gasteiger partial charge in [0.15, 0.2) is 17.5 Å². The number of aromatic nitrogens is 2. The fourth-order valence-electron chi connectivity index (χ4n) is 2.20. The second-order valence-corrected chi connectivity index (χ2v) is 4.78. The predicted octanol–water partition coefficient (Wildman–Crippen LogP) is 3.83. The van der Waals surface area contributed by atoms with Gasteiger partial charge in [-0.15, -0.1) is 5.10 Å². The van der Waals surface area contributed by atoms with Crippen LogP contribution in [0.2, 0.25) is 0 Å². The minimum Gasteiger partial charge on any atom is -0.364 e. The molecule has 3 rings (SSSR count). The number of rotatable bonds is 3. The molecule has 0 bridgehead atoms. The van der Waals surface area contributed by atoms with Crippen molar-refractivity contribution < 1.29 is 8.78 Å². The van der Waals surface area contributed by atoms with Crippen molar-refractivity contribution in [2.75, 3.05) is 5.32 Å². The van der Waals surface area contributed by atoms with Gasteiger partial charge in [-0.05, 0) is 24.6 Å². The third-order valence-corrected chi connectivity index (χ3v) is 3.32. The van der Waals surface area contributed by atoms with E-state index >= 15 is 0 Å². The van der Waals surface area contributed by atoms with E-state index in [-0.39, 0.29) is 0 Å². The molecule has 0 fully saturated rings. The molecule has 0 radical (unpaired) electrons. The van der Waals surface area contributed by atoms with Crippen LogP contribution in [0.4, 0.5) is 14.6 Å². The van der Waals surface area contributed by atoms with E-state index in [1.807, 2.05) is 31.2 Å². The summed E-state index contributed by atoms with van der Waals surface area (Å²) < 4.78 is 26.1.